The molecule has 2 rings (SSSR count). The van der Waals surface area contributed by atoms with E-state index >= 15 is 0 Å². The summed E-state index contributed by atoms with van der Waals surface area (Å²) in [7, 11) is 0. The van der Waals surface area contributed by atoms with E-state index in [0.29, 0.717) is 25.7 Å². The Hall–Kier alpha value is -0.280. The molecular weight excluding hydrogens is 232 g/mol. The lowest BCUT2D eigenvalue weighted by molar-refractivity contribution is -0.0591. The van der Waals surface area contributed by atoms with Crippen LogP contribution >= 0.6 is 0 Å². The van der Waals surface area contributed by atoms with Gasteiger partial charge in [0.05, 0.1) is 0 Å². The second-order valence-electron chi connectivity index (χ2n) is 5.71. The first-order valence-corrected chi connectivity index (χ1v) is 6.64. The standard InChI is InChI=1S/C13H20F4/c14-12(15)11-3-1-2-10(8-11)9-4-6-13(16,17)7-5-9/h9-12H,1-8H2/t10?,11-/m0/s1. The van der Waals surface area contributed by atoms with Gasteiger partial charge in [0.1, 0.15) is 0 Å². The first-order chi connectivity index (χ1) is 7.98. The Bertz CT molecular complexity index is 242. The van der Waals surface area contributed by atoms with Crippen molar-refractivity contribution in [1.82, 2.24) is 0 Å². The maximum atomic E-state index is 13.0. The van der Waals surface area contributed by atoms with E-state index in [9.17, 15) is 17.6 Å². The van der Waals surface area contributed by atoms with Crippen LogP contribution in [-0.2, 0) is 0 Å². The molecular formula is C13H20F4. The van der Waals surface area contributed by atoms with Crippen molar-refractivity contribution in [2.45, 2.75) is 63.7 Å². The van der Waals surface area contributed by atoms with E-state index in [1.807, 2.05) is 0 Å². The van der Waals surface area contributed by atoms with E-state index in [2.05, 4.69) is 0 Å². The molecule has 2 saturated carbocycles. The second-order valence-corrected chi connectivity index (χ2v) is 5.71. The number of rotatable bonds is 2. The largest absolute Gasteiger partial charge is 0.248 e. The summed E-state index contributed by atoms with van der Waals surface area (Å²) in [5.74, 6) is -2.47. The van der Waals surface area contributed by atoms with Crippen molar-refractivity contribution in [3.63, 3.8) is 0 Å². The fraction of sp³-hybridized carbons (Fsp3) is 1.00. The molecule has 2 atom stereocenters. The van der Waals surface area contributed by atoms with Crippen LogP contribution in [0.5, 0.6) is 0 Å². The predicted molar refractivity (Wildman–Crippen MR) is 58.4 cm³/mol. The molecule has 17 heavy (non-hydrogen) atoms. The van der Waals surface area contributed by atoms with Crippen molar-refractivity contribution < 1.29 is 17.6 Å². The van der Waals surface area contributed by atoms with E-state index in [4.69, 9.17) is 0 Å². The van der Waals surface area contributed by atoms with E-state index in [1.165, 1.54) is 0 Å². The Morgan fingerprint density at radius 1 is 0.882 bits per heavy atom. The Morgan fingerprint density at radius 2 is 1.53 bits per heavy atom. The Morgan fingerprint density at radius 3 is 2.12 bits per heavy atom. The van der Waals surface area contributed by atoms with Crippen molar-refractivity contribution in [1.29, 1.82) is 0 Å². The minimum atomic E-state index is -2.51. The summed E-state index contributed by atoms with van der Waals surface area (Å²) < 4.78 is 51.4. The summed E-state index contributed by atoms with van der Waals surface area (Å²) in [6.07, 6.45) is 1.67. The van der Waals surface area contributed by atoms with Gasteiger partial charge in [-0.05, 0) is 37.5 Å². The van der Waals surface area contributed by atoms with Crippen molar-refractivity contribution >= 4 is 0 Å². The van der Waals surface area contributed by atoms with Crippen LogP contribution < -0.4 is 0 Å². The fourth-order valence-corrected chi connectivity index (χ4v) is 3.46. The zero-order valence-corrected chi connectivity index (χ0v) is 9.98. The van der Waals surface area contributed by atoms with Crippen LogP contribution in [0.1, 0.15) is 51.4 Å². The Balaban J connectivity index is 1.86. The molecule has 0 bridgehead atoms. The molecule has 0 amide bonds. The first-order valence-electron chi connectivity index (χ1n) is 6.64. The van der Waals surface area contributed by atoms with Gasteiger partial charge in [0.25, 0.3) is 0 Å². The number of alkyl halides is 4. The number of hydrogen-bond acceptors (Lipinski definition) is 0. The molecule has 4 heteroatoms. The van der Waals surface area contributed by atoms with Crippen molar-refractivity contribution in [2.24, 2.45) is 17.8 Å². The summed E-state index contributed by atoms with van der Waals surface area (Å²) in [5, 5.41) is 0. The van der Waals surface area contributed by atoms with Crippen LogP contribution in [0.25, 0.3) is 0 Å². The summed E-state index contributed by atoms with van der Waals surface area (Å²) in [6, 6.07) is 0. The Labute approximate surface area is 99.8 Å². The topological polar surface area (TPSA) is 0 Å². The molecule has 0 aromatic rings. The van der Waals surface area contributed by atoms with E-state index in [-0.39, 0.29) is 24.7 Å². The molecule has 0 aromatic carbocycles. The average molecular weight is 252 g/mol. The lowest BCUT2D eigenvalue weighted by atomic mass is 9.70. The van der Waals surface area contributed by atoms with Crippen LogP contribution in [0, 0.1) is 17.8 Å². The third-order valence-electron chi connectivity index (χ3n) is 4.54. The van der Waals surface area contributed by atoms with Gasteiger partial charge < -0.3 is 0 Å². The molecule has 1 unspecified atom stereocenters. The van der Waals surface area contributed by atoms with Crippen LogP contribution in [0.2, 0.25) is 0 Å². The highest BCUT2D eigenvalue weighted by atomic mass is 19.3. The summed E-state index contributed by atoms with van der Waals surface area (Å²) in [6.45, 7) is 0. The highest BCUT2D eigenvalue weighted by Crippen LogP contribution is 2.45. The fourth-order valence-electron chi connectivity index (χ4n) is 3.46. The monoisotopic (exact) mass is 252 g/mol. The van der Waals surface area contributed by atoms with Crippen LogP contribution in [0.3, 0.4) is 0 Å². The summed E-state index contributed by atoms with van der Waals surface area (Å²) in [5.41, 5.74) is 0. The van der Waals surface area contributed by atoms with Gasteiger partial charge in [0, 0.05) is 18.8 Å². The molecule has 2 aliphatic carbocycles. The van der Waals surface area contributed by atoms with E-state index in [1.54, 1.807) is 0 Å². The quantitative estimate of drug-likeness (QED) is 0.614. The molecule has 0 N–H and O–H groups in total. The minimum Gasteiger partial charge on any atom is -0.210 e. The van der Waals surface area contributed by atoms with Crippen LogP contribution in [0.4, 0.5) is 17.6 Å². The molecule has 0 radical (unpaired) electrons. The van der Waals surface area contributed by atoms with Gasteiger partial charge in [-0.25, -0.2) is 17.6 Å². The third kappa shape index (κ3) is 3.35. The maximum absolute atomic E-state index is 13.0. The average Bonchev–Trinajstić information content (AvgIpc) is 2.29. The lowest BCUT2D eigenvalue weighted by Gasteiger charge is -2.38. The van der Waals surface area contributed by atoms with Gasteiger partial charge in [0.15, 0.2) is 0 Å². The van der Waals surface area contributed by atoms with Gasteiger partial charge >= 0.3 is 0 Å². The molecule has 0 nitrogen and oxygen atoms in total. The van der Waals surface area contributed by atoms with Gasteiger partial charge in [-0.2, -0.15) is 0 Å². The van der Waals surface area contributed by atoms with Crippen LogP contribution in [-0.4, -0.2) is 12.3 Å². The normalized spacial score (nSPS) is 35.1. The predicted octanol–water partition coefficient (Wildman–Crippen LogP) is 4.88. The van der Waals surface area contributed by atoms with E-state index in [0.717, 1.165) is 12.8 Å². The lowest BCUT2D eigenvalue weighted by Crippen LogP contribution is -2.32. The summed E-state index contributed by atoms with van der Waals surface area (Å²) >= 11 is 0. The van der Waals surface area contributed by atoms with Gasteiger partial charge in [0.2, 0.25) is 12.3 Å². The van der Waals surface area contributed by atoms with Crippen LogP contribution in [0.15, 0.2) is 0 Å². The number of halogens is 4. The van der Waals surface area contributed by atoms with E-state index < -0.39 is 18.3 Å². The highest BCUT2D eigenvalue weighted by Gasteiger charge is 2.39. The Kier molecular flexibility index (Phi) is 3.99. The highest BCUT2D eigenvalue weighted by molar-refractivity contribution is 4.85. The van der Waals surface area contributed by atoms with Gasteiger partial charge in [-0.15, -0.1) is 0 Å². The molecule has 2 fully saturated rings. The van der Waals surface area contributed by atoms with Crippen molar-refractivity contribution in [3.05, 3.63) is 0 Å². The zero-order valence-electron chi connectivity index (χ0n) is 9.98. The molecule has 0 saturated heterocycles. The van der Waals surface area contributed by atoms with Crippen molar-refractivity contribution in [3.8, 4) is 0 Å². The van der Waals surface area contributed by atoms with Crippen molar-refractivity contribution in [2.75, 3.05) is 0 Å². The first kappa shape index (κ1) is 13.2. The molecule has 0 aromatic heterocycles. The van der Waals surface area contributed by atoms with Gasteiger partial charge in [-0.1, -0.05) is 12.8 Å². The molecule has 100 valence electrons. The summed E-state index contributed by atoms with van der Waals surface area (Å²) in [4.78, 5) is 0. The smallest absolute Gasteiger partial charge is 0.210 e. The third-order valence-corrected chi connectivity index (χ3v) is 4.54. The maximum Gasteiger partial charge on any atom is 0.248 e. The van der Waals surface area contributed by atoms with Gasteiger partial charge in [-0.3, -0.25) is 0 Å². The molecule has 0 aliphatic heterocycles. The number of hydrogen-bond donors (Lipinski definition) is 0. The molecule has 0 heterocycles. The minimum absolute atomic E-state index is 0.0481. The zero-order chi connectivity index (χ0) is 12.5. The second kappa shape index (κ2) is 5.15. The molecule has 2 aliphatic rings. The SMILES string of the molecule is FC(F)[C@H]1CCCC(C2CCC(F)(F)CC2)C1. The molecule has 0 spiro atoms.